The Kier molecular flexibility index (Phi) is 4.66. The van der Waals surface area contributed by atoms with Gasteiger partial charge in [-0.1, -0.05) is 32.9 Å². The first-order valence-corrected chi connectivity index (χ1v) is 11.3. The molecule has 1 unspecified atom stereocenters. The van der Waals surface area contributed by atoms with Crippen LogP contribution in [0.2, 0.25) is 0 Å². The van der Waals surface area contributed by atoms with Crippen LogP contribution in [0.1, 0.15) is 66.0 Å². The molecule has 1 aromatic heterocycles. The number of piperidine rings is 1. The van der Waals surface area contributed by atoms with E-state index in [1.807, 2.05) is 42.2 Å². The number of carbonyl (C=O) groups is 2. The fraction of sp³-hybridized carbons (Fsp3) is 0.423. The molecule has 3 aromatic rings. The molecule has 2 aliphatic rings. The highest BCUT2D eigenvalue weighted by Gasteiger charge is 2.57. The molecule has 6 nitrogen and oxygen atoms in total. The summed E-state index contributed by atoms with van der Waals surface area (Å²) in [7, 11) is 0. The van der Waals surface area contributed by atoms with Gasteiger partial charge in [0, 0.05) is 23.6 Å². The minimum absolute atomic E-state index is 0.0192. The maximum Gasteiger partial charge on any atom is 0.338 e. The Hall–Kier alpha value is -3.15. The number of nitrogens with zero attached hydrogens (tertiary/aromatic N) is 2. The van der Waals surface area contributed by atoms with Crippen LogP contribution < -0.4 is 0 Å². The Balaban J connectivity index is 1.58. The van der Waals surface area contributed by atoms with Gasteiger partial charge in [-0.05, 0) is 60.6 Å². The summed E-state index contributed by atoms with van der Waals surface area (Å²) in [6.07, 6.45) is 3.13. The van der Waals surface area contributed by atoms with Crippen molar-refractivity contribution in [1.29, 1.82) is 0 Å². The molecule has 32 heavy (non-hydrogen) atoms. The van der Waals surface area contributed by atoms with Crippen LogP contribution in [0.5, 0.6) is 0 Å². The first kappa shape index (κ1) is 20.7. The molecule has 0 radical (unpaired) electrons. The molecule has 2 bridgehead atoms. The summed E-state index contributed by atoms with van der Waals surface area (Å²) >= 11 is 0. The molecule has 1 saturated heterocycles. The van der Waals surface area contributed by atoms with E-state index in [4.69, 9.17) is 4.74 Å². The van der Waals surface area contributed by atoms with Gasteiger partial charge >= 0.3 is 5.97 Å². The number of ether oxygens (including phenoxy) is 1. The smallest absolute Gasteiger partial charge is 0.338 e. The van der Waals surface area contributed by atoms with Crippen LogP contribution in [0.15, 0.2) is 42.7 Å². The van der Waals surface area contributed by atoms with E-state index in [0.29, 0.717) is 30.7 Å². The van der Waals surface area contributed by atoms with Crippen molar-refractivity contribution < 1.29 is 14.3 Å². The second-order valence-corrected chi connectivity index (χ2v) is 9.71. The number of esters is 1. The number of likely N-dealkylation sites (tertiary alicyclic amines) is 1. The van der Waals surface area contributed by atoms with Gasteiger partial charge in [0.05, 0.1) is 29.5 Å². The Bertz CT molecular complexity index is 1230. The SMILES string of the molecule is CCOC(=O)c1cccc2c1CC1N(C(=O)c3ccc4nc[nH]c4c3)CC[C@]2(C)C1(C)C. The van der Waals surface area contributed by atoms with Gasteiger partial charge in [-0.3, -0.25) is 4.79 Å². The molecule has 166 valence electrons. The summed E-state index contributed by atoms with van der Waals surface area (Å²) in [5, 5.41) is 0. The fourth-order valence-corrected chi connectivity index (χ4v) is 5.82. The van der Waals surface area contributed by atoms with Crippen molar-refractivity contribution in [2.75, 3.05) is 13.2 Å². The van der Waals surface area contributed by atoms with Gasteiger partial charge < -0.3 is 14.6 Å². The maximum atomic E-state index is 13.7. The fourth-order valence-electron chi connectivity index (χ4n) is 5.82. The third-order valence-corrected chi connectivity index (χ3v) is 8.08. The quantitative estimate of drug-likeness (QED) is 0.620. The minimum Gasteiger partial charge on any atom is -0.462 e. The molecule has 1 aliphatic heterocycles. The van der Waals surface area contributed by atoms with Crippen molar-refractivity contribution in [3.63, 3.8) is 0 Å². The van der Waals surface area contributed by atoms with Gasteiger partial charge in [0.25, 0.3) is 5.91 Å². The Labute approximate surface area is 188 Å². The normalized spacial score (nSPS) is 23.6. The Morgan fingerprint density at radius 2 is 2.03 bits per heavy atom. The number of aromatic amines is 1. The van der Waals surface area contributed by atoms with E-state index in [1.165, 1.54) is 5.56 Å². The third-order valence-electron chi connectivity index (χ3n) is 8.08. The van der Waals surface area contributed by atoms with Crippen LogP contribution in [-0.4, -0.2) is 45.9 Å². The number of fused-ring (bicyclic) bond motifs is 5. The van der Waals surface area contributed by atoms with E-state index in [-0.39, 0.29) is 28.7 Å². The zero-order chi connectivity index (χ0) is 22.7. The first-order chi connectivity index (χ1) is 15.3. The highest BCUT2D eigenvalue weighted by Crippen LogP contribution is 2.56. The van der Waals surface area contributed by atoms with Gasteiger partial charge in [0.2, 0.25) is 0 Å². The molecular formula is C26H29N3O3. The van der Waals surface area contributed by atoms with Crippen molar-refractivity contribution in [2.24, 2.45) is 5.41 Å². The highest BCUT2D eigenvalue weighted by molar-refractivity contribution is 5.98. The van der Waals surface area contributed by atoms with Gasteiger partial charge in [0.15, 0.2) is 0 Å². The van der Waals surface area contributed by atoms with Crippen LogP contribution in [0, 0.1) is 5.41 Å². The van der Waals surface area contributed by atoms with Gasteiger partial charge in [-0.2, -0.15) is 0 Å². The molecule has 0 spiro atoms. The second kappa shape index (κ2) is 7.19. The lowest BCUT2D eigenvalue weighted by Crippen LogP contribution is -2.65. The average Bonchev–Trinajstić information content (AvgIpc) is 3.23. The molecule has 1 aliphatic carbocycles. The van der Waals surface area contributed by atoms with Crippen molar-refractivity contribution in [2.45, 2.75) is 52.0 Å². The van der Waals surface area contributed by atoms with Gasteiger partial charge in [0.1, 0.15) is 0 Å². The molecule has 5 rings (SSSR count). The predicted molar refractivity (Wildman–Crippen MR) is 123 cm³/mol. The lowest BCUT2D eigenvalue weighted by molar-refractivity contribution is -0.0264. The Morgan fingerprint density at radius 1 is 1.22 bits per heavy atom. The molecule has 2 atom stereocenters. The standard InChI is InChI=1S/C26H29N3O3/c1-5-32-24(31)17-7-6-8-19-18(17)14-22-25(2,3)26(19,4)11-12-29(22)23(30)16-9-10-20-21(13-16)28-15-27-20/h6-10,13,15,22H,5,11-12,14H2,1-4H3,(H,27,28)/t22?,26-/m0/s1. The summed E-state index contributed by atoms with van der Waals surface area (Å²) < 4.78 is 5.35. The lowest BCUT2D eigenvalue weighted by Gasteiger charge is -2.61. The van der Waals surface area contributed by atoms with Crippen molar-refractivity contribution in [3.8, 4) is 0 Å². The molecule has 1 fully saturated rings. The van der Waals surface area contributed by atoms with Crippen LogP contribution in [-0.2, 0) is 16.6 Å². The number of carbonyl (C=O) groups excluding carboxylic acids is 2. The molecule has 6 heteroatoms. The zero-order valence-electron chi connectivity index (χ0n) is 19.1. The molecule has 1 N–H and O–H groups in total. The topological polar surface area (TPSA) is 75.3 Å². The minimum atomic E-state index is -0.284. The number of hydrogen-bond donors (Lipinski definition) is 1. The van der Waals surface area contributed by atoms with Crippen LogP contribution in [0.25, 0.3) is 11.0 Å². The van der Waals surface area contributed by atoms with Crippen LogP contribution in [0.4, 0.5) is 0 Å². The number of nitrogens with one attached hydrogen (secondary N) is 1. The number of aromatic nitrogens is 2. The summed E-state index contributed by atoms with van der Waals surface area (Å²) in [5.41, 5.74) is 4.94. The maximum absolute atomic E-state index is 13.7. The number of hydrogen-bond acceptors (Lipinski definition) is 4. The lowest BCUT2D eigenvalue weighted by atomic mass is 9.50. The monoisotopic (exact) mass is 431 g/mol. The molecule has 2 aromatic carbocycles. The number of imidazole rings is 1. The summed E-state index contributed by atoms with van der Waals surface area (Å²) in [5.74, 6) is -0.257. The zero-order valence-corrected chi connectivity index (χ0v) is 19.1. The van der Waals surface area contributed by atoms with E-state index < -0.39 is 0 Å². The van der Waals surface area contributed by atoms with Crippen molar-refractivity contribution >= 4 is 22.9 Å². The van der Waals surface area contributed by atoms with Gasteiger partial charge in [-0.25, -0.2) is 9.78 Å². The van der Waals surface area contributed by atoms with Gasteiger partial charge in [-0.15, -0.1) is 0 Å². The molecule has 1 amide bonds. The predicted octanol–water partition coefficient (Wildman–Crippen LogP) is 4.49. The van der Waals surface area contributed by atoms with Crippen molar-refractivity contribution in [1.82, 2.24) is 14.9 Å². The Morgan fingerprint density at radius 3 is 2.81 bits per heavy atom. The second-order valence-electron chi connectivity index (χ2n) is 9.71. The summed E-state index contributed by atoms with van der Waals surface area (Å²) in [6, 6.07) is 11.6. The number of amides is 1. The van der Waals surface area contributed by atoms with E-state index in [0.717, 1.165) is 23.0 Å². The number of H-pyrrole nitrogens is 1. The highest BCUT2D eigenvalue weighted by atomic mass is 16.5. The van der Waals surface area contributed by atoms with Crippen LogP contribution in [0.3, 0.4) is 0 Å². The van der Waals surface area contributed by atoms with E-state index in [9.17, 15) is 9.59 Å². The van der Waals surface area contributed by atoms with E-state index in [1.54, 1.807) is 6.33 Å². The number of benzene rings is 2. The molecule has 2 heterocycles. The molecule has 0 saturated carbocycles. The third kappa shape index (κ3) is 2.81. The largest absolute Gasteiger partial charge is 0.462 e. The summed E-state index contributed by atoms with van der Waals surface area (Å²) in [4.78, 5) is 35.8. The number of rotatable bonds is 3. The molecular weight excluding hydrogens is 402 g/mol. The van der Waals surface area contributed by atoms with E-state index >= 15 is 0 Å². The summed E-state index contributed by atoms with van der Waals surface area (Å²) in [6.45, 7) is 9.65. The van der Waals surface area contributed by atoms with Crippen LogP contribution >= 0.6 is 0 Å². The first-order valence-electron chi connectivity index (χ1n) is 11.3. The average molecular weight is 432 g/mol. The van der Waals surface area contributed by atoms with E-state index in [2.05, 4.69) is 36.8 Å². The van der Waals surface area contributed by atoms with Crippen molar-refractivity contribution in [3.05, 3.63) is 65.0 Å².